The lowest BCUT2D eigenvalue weighted by Crippen LogP contribution is -2.14. The molecule has 0 unspecified atom stereocenters. The highest BCUT2D eigenvalue weighted by molar-refractivity contribution is 7.99. The lowest BCUT2D eigenvalue weighted by molar-refractivity contribution is 0.891. The van der Waals surface area contributed by atoms with Crippen LogP contribution < -0.4 is 5.73 Å². The van der Waals surface area contributed by atoms with Crippen molar-refractivity contribution in [2.75, 3.05) is 0 Å². The Bertz CT molecular complexity index is 722. The highest BCUT2D eigenvalue weighted by Crippen LogP contribution is 2.34. The Hall–Kier alpha value is -1.81. The van der Waals surface area contributed by atoms with Gasteiger partial charge < -0.3 is 5.73 Å². The van der Waals surface area contributed by atoms with E-state index in [1.54, 1.807) is 11.8 Å². The van der Waals surface area contributed by atoms with Crippen molar-refractivity contribution in [3.63, 3.8) is 0 Å². The number of aromatic nitrogens is 1. The minimum absolute atomic E-state index is 0.102. The third-order valence-corrected chi connectivity index (χ3v) is 5.02. The molecule has 0 radical (unpaired) electrons. The molecule has 0 spiro atoms. The first-order valence-electron chi connectivity index (χ1n) is 7.17. The van der Waals surface area contributed by atoms with Gasteiger partial charge in [-0.2, -0.15) is 0 Å². The summed E-state index contributed by atoms with van der Waals surface area (Å²) < 4.78 is 0. The van der Waals surface area contributed by atoms with E-state index in [2.05, 4.69) is 38.1 Å². The number of rotatable bonds is 3. The molecular formula is C17H19N3S. The Morgan fingerprint density at radius 3 is 2.81 bits per heavy atom. The molecule has 1 aliphatic rings. The summed E-state index contributed by atoms with van der Waals surface area (Å²) in [6.45, 7) is 4.19. The van der Waals surface area contributed by atoms with E-state index in [0.717, 1.165) is 29.9 Å². The fourth-order valence-corrected chi connectivity index (χ4v) is 3.76. The topological polar surface area (TPSA) is 62.8 Å². The molecule has 2 aromatic rings. The smallest absolute Gasteiger partial charge is 0.125 e. The number of aryl methyl sites for hydroxylation is 4. The number of nitrogens with zero attached hydrogens (tertiary/aromatic N) is 1. The van der Waals surface area contributed by atoms with Crippen LogP contribution in [0.25, 0.3) is 0 Å². The zero-order chi connectivity index (χ0) is 15.0. The van der Waals surface area contributed by atoms with Crippen molar-refractivity contribution in [3.8, 4) is 0 Å². The predicted molar refractivity (Wildman–Crippen MR) is 87.3 cm³/mol. The summed E-state index contributed by atoms with van der Waals surface area (Å²) >= 11 is 1.62. The third kappa shape index (κ3) is 2.81. The monoisotopic (exact) mass is 297 g/mol. The number of hydrogen-bond acceptors (Lipinski definition) is 3. The first-order chi connectivity index (χ1) is 10.0. The number of fused-ring (bicyclic) bond motifs is 1. The molecule has 1 aromatic heterocycles. The van der Waals surface area contributed by atoms with Crippen molar-refractivity contribution in [1.82, 2.24) is 4.98 Å². The average Bonchev–Trinajstić information content (AvgIpc) is 2.89. The Morgan fingerprint density at radius 2 is 2.05 bits per heavy atom. The Morgan fingerprint density at radius 1 is 1.24 bits per heavy atom. The van der Waals surface area contributed by atoms with Crippen LogP contribution in [-0.2, 0) is 12.8 Å². The van der Waals surface area contributed by atoms with Crippen molar-refractivity contribution >= 4 is 17.6 Å². The average molecular weight is 297 g/mol. The molecule has 0 saturated carbocycles. The minimum Gasteiger partial charge on any atom is -0.384 e. The predicted octanol–water partition coefficient (Wildman–Crippen LogP) is 3.62. The standard InChI is InChI=1S/C17H19N3S/c1-10-6-7-11(2)15(8-10)21-17-13(16(18)19)9-12-4-3-5-14(12)20-17/h6-9H,3-5H2,1-2H3,(H3,18,19). The van der Waals surface area contributed by atoms with E-state index in [-0.39, 0.29) is 5.84 Å². The van der Waals surface area contributed by atoms with Gasteiger partial charge in [0.2, 0.25) is 0 Å². The molecule has 0 aliphatic heterocycles. The summed E-state index contributed by atoms with van der Waals surface area (Å²) in [5.74, 6) is 0.102. The van der Waals surface area contributed by atoms with Gasteiger partial charge in [-0.05, 0) is 61.9 Å². The van der Waals surface area contributed by atoms with Crippen LogP contribution in [0.3, 0.4) is 0 Å². The summed E-state index contributed by atoms with van der Waals surface area (Å²) in [7, 11) is 0. The molecule has 0 amide bonds. The lowest BCUT2D eigenvalue weighted by atomic mass is 10.1. The van der Waals surface area contributed by atoms with Gasteiger partial charge >= 0.3 is 0 Å². The van der Waals surface area contributed by atoms with Gasteiger partial charge in [-0.1, -0.05) is 23.9 Å². The van der Waals surface area contributed by atoms with E-state index in [0.29, 0.717) is 0 Å². The summed E-state index contributed by atoms with van der Waals surface area (Å²) in [4.78, 5) is 5.97. The number of benzene rings is 1. The number of nitrogens with one attached hydrogen (secondary N) is 1. The summed E-state index contributed by atoms with van der Waals surface area (Å²) in [6.07, 6.45) is 3.24. The molecule has 0 saturated heterocycles. The van der Waals surface area contributed by atoms with Crippen LogP contribution in [0.4, 0.5) is 0 Å². The van der Waals surface area contributed by atoms with Crippen LogP contribution in [0.15, 0.2) is 34.2 Å². The van der Waals surface area contributed by atoms with E-state index in [4.69, 9.17) is 16.1 Å². The molecule has 4 heteroatoms. The van der Waals surface area contributed by atoms with E-state index in [1.807, 2.05) is 0 Å². The Kier molecular flexibility index (Phi) is 3.72. The van der Waals surface area contributed by atoms with E-state index >= 15 is 0 Å². The second kappa shape index (κ2) is 5.53. The molecule has 21 heavy (non-hydrogen) atoms. The normalized spacial score (nSPS) is 13.2. The molecule has 3 nitrogen and oxygen atoms in total. The fourth-order valence-electron chi connectivity index (χ4n) is 2.65. The van der Waals surface area contributed by atoms with Crippen molar-refractivity contribution in [2.24, 2.45) is 5.73 Å². The fraction of sp³-hybridized carbons (Fsp3) is 0.294. The number of nitrogen functional groups attached to an aromatic ring is 1. The van der Waals surface area contributed by atoms with Crippen LogP contribution in [0.1, 0.15) is 34.4 Å². The number of hydrogen-bond donors (Lipinski definition) is 2. The molecule has 1 heterocycles. The molecular weight excluding hydrogens is 278 g/mol. The second-order valence-electron chi connectivity index (χ2n) is 5.59. The zero-order valence-electron chi connectivity index (χ0n) is 12.4. The van der Waals surface area contributed by atoms with Gasteiger partial charge in [0.15, 0.2) is 0 Å². The first kappa shape index (κ1) is 14.1. The van der Waals surface area contributed by atoms with Crippen molar-refractivity contribution in [2.45, 2.75) is 43.0 Å². The number of nitrogens with two attached hydrogens (primary N) is 1. The van der Waals surface area contributed by atoms with Gasteiger partial charge in [0.25, 0.3) is 0 Å². The van der Waals surface area contributed by atoms with Gasteiger partial charge in [0, 0.05) is 16.2 Å². The maximum atomic E-state index is 7.83. The molecule has 0 bridgehead atoms. The third-order valence-electron chi connectivity index (χ3n) is 3.86. The van der Waals surface area contributed by atoms with Gasteiger partial charge in [0.1, 0.15) is 10.9 Å². The maximum absolute atomic E-state index is 7.83. The van der Waals surface area contributed by atoms with Crippen molar-refractivity contribution < 1.29 is 0 Å². The quantitative estimate of drug-likeness (QED) is 0.672. The highest BCUT2D eigenvalue weighted by Gasteiger charge is 2.18. The van der Waals surface area contributed by atoms with Crippen molar-refractivity contribution in [3.05, 3.63) is 52.2 Å². The minimum atomic E-state index is 0.102. The molecule has 1 aromatic carbocycles. The number of pyridine rings is 1. The largest absolute Gasteiger partial charge is 0.384 e. The van der Waals surface area contributed by atoms with Gasteiger partial charge in [-0.15, -0.1) is 0 Å². The summed E-state index contributed by atoms with van der Waals surface area (Å²) in [6, 6.07) is 8.46. The van der Waals surface area contributed by atoms with Crippen LogP contribution in [0.5, 0.6) is 0 Å². The molecule has 0 atom stereocenters. The van der Waals surface area contributed by atoms with E-state index in [1.165, 1.54) is 27.3 Å². The summed E-state index contributed by atoms with van der Waals surface area (Å²) in [5.41, 5.74) is 11.4. The highest BCUT2D eigenvalue weighted by atomic mass is 32.2. The SMILES string of the molecule is Cc1ccc(C)c(Sc2nc3c(cc2C(=N)N)CCC3)c1. The number of amidine groups is 1. The van der Waals surface area contributed by atoms with Crippen LogP contribution in [0.2, 0.25) is 0 Å². The zero-order valence-corrected chi connectivity index (χ0v) is 13.2. The van der Waals surface area contributed by atoms with Gasteiger partial charge in [-0.25, -0.2) is 4.98 Å². The lowest BCUT2D eigenvalue weighted by Gasteiger charge is -2.12. The molecule has 3 N–H and O–H groups in total. The maximum Gasteiger partial charge on any atom is 0.125 e. The van der Waals surface area contributed by atoms with Gasteiger partial charge in [0.05, 0.1) is 0 Å². The molecule has 1 aliphatic carbocycles. The Balaban J connectivity index is 2.05. The second-order valence-corrected chi connectivity index (χ2v) is 6.62. The molecule has 108 valence electrons. The van der Waals surface area contributed by atoms with E-state index in [9.17, 15) is 0 Å². The molecule has 0 fully saturated rings. The van der Waals surface area contributed by atoms with Crippen LogP contribution >= 0.6 is 11.8 Å². The van der Waals surface area contributed by atoms with Gasteiger partial charge in [-0.3, -0.25) is 5.41 Å². The Labute approximate surface area is 129 Å². The molecule has 3 rings (SSSR count). The van der Waals surface area contributed by atoms with Crippen LogP contribution in [0, 0.1) is 19.3 Å². The van der Waals surface area contributed by atoms with Crippen molar-refractivity contribution in [1.29, 1.82) is 5.41 Å². The van der Waals surface area contributed by atoms with E-state index < -0.39 is 0 Å². The summed E-state index contributed by atoms with van der Waals surface area (Å²) in [5, 5.41) is 8.68. The van der Waals surface area contributed by atoms with Crippen LogP contribution in [-0.4, -0.2) is 10.8 Å². The first-order valence-corrected chi connectivity index (χ1v) is 7.98.